The monoisotopic (exact) mass is 416 g/mol. The van der Waals surface area contributed by atoms with Gasteiger partial charge in [-0.15, -0.1) is 0 Å². The van der Waals surface area contributed by atoms with E-state index in [9.17, 15) is 4.79 Å². The predicted molar refractivity (Wildman–Crippen MR) is 104 cm³/mol. The number of hydrogen-bond donors (Lipinski definition) is 0. The Bertz CT molecular complexity index is 992. The smallest absolute Gasteiger partial charge is 0.410 e. The maximum Gasteiger partial charge on any atom is 0.410 e. The first-order valence-corrected chi connectivity index (χ1v) is 9.50. The van der Waals surface area contributed by atoms with E-state index in [2.05, 4.69) is 36.5 Å². The lowest BCUT2D eigenvalue weighted by Gasteiger charge is -2.24. The maximum absolute atomic E-state index is 12.4. The Labute approximate surface area is 160 Å². The van der Waals surface area contributed by atoms with Gasteiger partial charge < -0.3 is 14.2 Å². The zero-order valence-corrected chi connectivity index (χ0v) is 16.7. The fourth-order valence-electron chi connectivity index (χ4n) is 3.43. The number of likely N-dealkylation sites (tertiary alicyclic amines) is 1. The molecule has 1 amide bonds. The van der Waals surface area contributed by atoms with Crippen molar-refractivity contribution in [1.82, 2.24) is 19.4 Å². The molecule has 136 valence electrons. The average Bonchev–Trinajstić information content (AvgIpc) is 3.19. The van der Waals surface area contributed by atoms with Crippen molar-refractivity contribution in [2.24, 2.45) is 0 Å². The second-order valence-electron chi connectivity index (χ2n) is 7.67. The lowest BCUT2D eigenvalue weighted by atomic mass is 10.1. The molecule has 6 nitrogen and oxygen atoms in total. The highest BCUT2D eigenvalue weighted by molar-refractivity contribution is 9.10. The Morgan fingerprint density at radius 1 is 1.27 bits per heavy atom. The summed E-state index contributed by atoms with van der Waals surface area (Å²) < 4.78 is 8.69. The number of amides is 1. The van der Waals surface area contributed by atoms with Crippen molar-refractivity contribution < 1.29 is 9.53 Å². The number of aromatic nitrogens is 3. The fourth-order valence-corrected chi connectivity index (χ4v) is 3.79. The molecule has 1 atom stereocenters. The minimum atomic E-state index is -0.481. The second kappa shape index (κ2) is 6.23. The predicted octanol–water partition coefficient (Wildman–Crippen LogP) is 4.53. The van der Waals surface area contributed by atoms with E-state index in [0.717, 1.165) is 32.8 Å². The number of pyridine rings is 1. The molecule has 0 aliphatic carbocycles. The second-order valence-corrected chi connectivity index (χ2v) is 8.59. The van der Waals surface area contributed by atoms with Crippen LogP contribution in [-0.4, -0.2) is 44.2 Å². The minimum absolute atomic E-state index is 0.178. The standard InChI is InChI=1S/C19H21BrN4O2/c1-19(2,3)26-18(25)23-7-6-13(10-23)24-11-22-16-9-21-15-5-4-12(20)8-14(15)17(16)24/h4-5,8-9,11,13H,6-7,10H2,1-3H3/t13-/m1/s1. The third-order valence-corrected chi connectivity index (χ3v) is 5.06. The van der Waals surface area contributed by atoms with Gasteiger partial charge in [-0.25, -0.2) is 9.78 Å². The molecule has 4 rings (SSSR count). The molecule has 3 aromatic rings. The van der Waals surface area contributed by atoms with Gasteiger partial charge in [0.2, 0.25) is 0 Å². The van der Waals surface area contributed by atoms with E-state index in [-0.39, 0.29) is 12.1 Å². The summed E-state index contributed by atoms with van der Waals surface area (Å²) in [5.74, 6) is 0. The summed E-state index contributed by atoms with van der Waals surface area (Å²) in [6.45, 7) is 6.97. The summed E-state index contributed by atoms with van der Waals surface area (Å²) in [6.07, 6.45) is 4.29. The third kappa shape index (κ3) is 3.16. The Morgan fingerprint density at radius 3 is 2.85 bits per heavy atom. The summed E-state index contributed by atoms with van der Waals surface area (Å²) in [4.78, 5) is 23.2. The van der Waals surface area contributed by atoms with Crippen molar-refractivity contribution >= 4 is 44.0 Å². The maximum atomic E-state index is 12.4. The Balaban J connectivity index is 1.68. The highest BCUT2D eigenvalue weighted by Gasteiger charge is 2.31. The quantitative estimate of drug-likeness (QED) is 0.584. The molecule has 7 heteroatoms. The first-order chi connectivity index (χ1) is 12.3. The Morgan fingerprint density at radius 2 is 2.08 bits per heavy atom. The van der Waals surface area contributed by atoms with Gasteiger partial charge in [-0.1, -0.05) is 15.9 Å². The largest absolute Gasteiger partial charge is 0.444 e. The number of hydrogen-bond acceptors (Lipinski definition) is 4. The molecular weight excluding hydrogens is 396 g/mol. The molecule has 1 fully saturated rings. The zero-order valence-electron chi connectivity index (χ0n) is 15.1. The van der Waals surface area contributed by atoms with Crippen molar-refractivity contribution in [3.8, 4) is 0 Å². The topological polar surface area (TPSA) is 60.2 Å². The van der Waals surface area contributed by atoms with Crippen molar-refractivity contribution in [2.75, 3.05) is 13.1 Å². The molecule has 1 aliphatic rings. The highest BCUT2D eigenvalue weighted by atomic mass is 79.9. The van der Waals surface area contributed by atoms with E-state index in [1.807, 2.05) is 45.4 Å². The van der Waals surface area contributed by atoms with Gasteiger partial charge in [-0.2, -0.15) is 0 Å². The highest BCUT2D eigenvalue weighted by Crippen LogP contribution is 2.31. The number of benzene rings is 1. The summed E-state index contributed by atoms with van der Waals surface area (Å²) >= 11 is 3.54. The minimum Gasteiger partial charge on any atom is -0.444 e. The van der Waals surface area contributed by atoms with Crippen molar-refractivity contribution in [3.63, 3.8) is 0 Å². The number of carbonyl (C=O) groups is 1. The Hall–Kier alpha value is -2.15. The first-order valence-electron chi connectivity index (χ1n) is 8.70. The molecule has 1 saturated heterocycles. The van der Waals surface area contributed by atoms with Crippen LogP contribution in [0.15, 0.2) is 35.2 Å². The van der Waals surface area contributed by atoms with Gasteiger partial charge in [0.1, 0.15) is 11.1 Å². The SMILES string of the molecule is CC(C)(C)OC(=O)N1CC[C@@H](n2cnc3cnc4ccc(Br)cc4c32)C1. The summed E-state index contributed by atoms with van der Waals surface area (Å²) in [5, 5.41) is 1.06. The van der Waals surface area contributed by atoms with Crippen LogP contribution in [0, 0.1) is 0 Å². The molecular formula is C19H21BrN4O2. The van der Waals surface area contributed by atoms with Crippen molar-refractivity contribution in [2.45, 2.75) is 38.8 Å². The number of carbonyl (C=O) groups excluding carboxylic acids is 1. The number of rotatable bonds is 1. The molecule has 0 radical (unpaired) electrons. The van der Waals surface area contributed by atoms with Gasteiger partial charge in [0, 0.05) is 22.9 Å². The van der Waals surface area contributed by atoms with E-state index in [1.54, 1.807) is 4.90 Å². The summed E-state index contributed by atoms with van der Waals surface area (Å²) in [7, 11) is 0. The molecule has 1 aromatic carbocycles. The van der Waals surface area contributed by atoms with E-state index in [4.69, 9.17) is 4.74 Å². The van der Waals surface area contributed by atoms with E-state index < -0.39 is 5.60 Å². The van der Waals surface area contributed by atoms with Gasteiger partial charge >= 0.3 is 6.09 Å². The molecule has 1 aliphatic heterocycles. The van der Waals surface area contributed by atoms with Crippen LogP contribution in [-0.2, 0) is 4.74 Å². The molecule has 3 heterocycles. The molecule has 0 unspecified atom stereocenters. The fraction of sp³-hybridized carbons (Fsp3) is 0.421. The molecule has 0 N–H and O–H groups in total. The van der Waals surface area contributed by atoms with Crippen LogP contribution in [0.3, 0.4) is 0 Å². The van der Waals surface area contributed by atoms with Crippen LogP contribution in [0.25, 0.3) is 21.9 Å². The number of fused-ring (bicyclic) bond motifs is 3. The van der Waals surface area contributed by atoms with Crippen LogP contribution >= 0.6 is 15.9 Å². The lowest BCUT2D eigenvalue weighted by Crippen LogP contribution is -2.35. The van der Waals surface area contributed by atoms with Crippen LogP contribution in [0.4, 0.5) is 4.79 Å². The molecule has 26 heavy (non-hydrogen) atoms. The third-order valence-electron chi connectivity index (χ3n) is 4.57. The van der Waals surface area contributed by atoms with Crippen LogP contribution in [0.2, 0.25) is 0 Å². The molecule has 0 saturated carbocycles. The average molecular weight is 417 g/mol. The van der Waals surface area contributed by atoms with Gasteiger partial charge in [0.05, 0.1) is 29.6 Å². The summed E-state index contributed by atoms with van der Waals surface area (Å²) in [5.41, 5.74) is 2.38. The van der Waals surface area contributed by atoms with Gasteiger partial charge in [-0.3, -0.25) is 4.98 Å². The number of ether oxygens (including phenoxy) is 1. The number of imidazole rings is 1. The van der Waals surface area contributed by atoms with E-state index >= 15 is 0 Å². The van der Waals surface area contributed by atoms with E-state index in [1.165, 1.54) is 0 Å². The van der Waals surface area contributed by atoms with Crippen LogP contribution in [0.5, 0.6) is 0 Å². The number of nitrogens with zero attached hydrogens (tertiary/aromatic N) is 4. The van der Waals surface area contributed by atoms with Gasteiger partial charge in [-0.05, 0) is 45.4 Å². The van der Waals surface area contributed by atoms with E-state index in [0.29, 0.717) is 13.1 Å². The summed E-state index contributed by atoms with van der Waals surface area (Å²) in [6, 6.07) is 6.24. The van der Waals surface area contributed by atoms with Crippen molar-refractivity contribution in [1.29, 1.82) is 0 Å². The molecule has 0 bridgehead atoms. The van der Waals surface area contributed by atoms with Crippen LogP contribution in [0.1, 0.15) is 33.2 Å². The Kier molecular flexibility index (Phi) is 4.14. The van der Waals surface area contributed by atoms with Crippen LogP contribution < -0.4 is 0 Å². The molecule has 2 aromatic heterocycles. The van der Waals surface area contributed by atoms with Gasteiger partial charge in [0.15, 0.2) is 0 Å². The normalized spacial score (nSPS) is 18.0. The van der Waals surface area contributed by atoms with Crippen molar-refractivity contribution in [3.05, 3.63) is 35.2 Å². The van der Waals surface area contributed by atoms with Gasteiger partial charge in [0.25, 0.3) is 0 Å². The molecule has 0 spiro atoms. The number of halogens is 1. The lowest BCUT2D eigenvalue weighted by molar-refractivity contribution is 0.0289. The zero-order chi connectivity index (χ0) is 18.5. The first kappa shape index (κ1) is 17.3.